The van der Waals surface area contributed by atoms with Crippen molar-refractivity contribution >= 4 is 17.0 Å². The van der Waals surface area contributed by atoms with Gasteiger partial charge in [-0.15, -0.1) is 0 Å². The largest absolute Gasteiger partial charge is 0.497 e. The van der Waals surface area contributed by atoms with Gasteiger partial charge in [0, 0.05) is 18.7 Å². The molecule has 0 unspecified atom stereocenters. The van der Waals surface area contributed by atoms with E-state index in [4.69, 9.17) is 9.47 Å². The van der Waals surface area contributed by atoms with Gasteiger partial charge in [0.1, 0.15) is 23.3 Å². The Morgan fingerprint density at radius 1 is 1.20 bits per heavy atom. The third-order valence-electron chi connectivity index (χ3n) is 4.00. The molecular formula is C17H21N5O3. The number of aliphatic hydroxyl groups is 1. The first-order valence-electron chi connectivity index (χ1n) is 7.97. The molecule has 0 aliphatic rings. The molecule has 0 bridgehead atoms. The van der Waals surface area contributed by atoms with Crippen molar-refractivity contribution in [2.75, 3.05) is 26.1 Å². The van der Waals surface area contributed by atoms with Gasteiger partial charge in [0.2, 0.25) is 0 Å². The zero-order valence-electron chi connectivity index (χ0n) is 14.4. The van der Waals surface area contributed by atoms with Crippen molar-refractivity contribution < 1.29 is 14.6 Å². The molecule has 8 heteroatoms. The molecule has 3 rings (SSSR count). The molecular weight excluding hydrogens is 322 g/mol. The van der Waals surface area contributed by atoms with Gasteiger partial charge >= 0.3 is 0 Å². The Bertz CT molecular complexity index is 865. The molecule has 132 valence electrons. The number of nitrogens with zero attached hydrogens (tertiary/aromatic N) is 4. The Morgan fingerprint density at radius 3 is 2.76 bits per heavy atom. The highest BCUT2D eigenvalue weighted by molar-refractivity contribution is 5.82. The Hall–Kier alpha value is -2.87. The van der Waals surface area contributed by atoms with Gasteiger partial charge in [-0.1, -0.05) is 0 Å². The number of hydrogen-bond acceptors (Lipinski definition) is 7. The van der Waals surface area contributed by atoms with Gasteiger partial charge in [-0.3, -0.25) is 0 Å². The molecule has 2 aromatic heterocycles. The zero-order chi connectivity index (χ0) is 17.8. The van der Waals surface area contributed by atoms with E-state index in [1.54, 1.807) is 38.7 Å². The minimum absolute atomic E-state index is 0.245. The quantitative estimate of drug-likeness (QED) is 0.677. The van der Waals surface area contributed by atoms with Gasteiger partial charge < -0.3 is 24.5 Å². The number of methoxy groups -OCH3 is 2. The zero-order valence-corrected chi connectivity index (χ0v) is 14.4. The van der Waals surface area contributed by atoms with Crippen molar-refractivity contribution in [3.63, 3.8) is 0 Å². The number of ether oxygens (including phenoxy) is 2. The predicted octanol–water partition coefficient (Wildman–Crippen LogP) is 2.01. The number of aliphatic hydroxyl groups excluding tert-OH is 1. The third kappa shape index (κ3) is 3.34. The van der Waals surface area contributed by atoms with Crippen LogP contribution in [0.2, 0.25) is 0 Å². The van der Waals surface area contributed by atoms with Gasteiger partial charge in [0.25, 0.3) is 0 Å². The van der Waals surface area contributed by atoms with Crippen LogP contribution in [-0.2, 0) is 6.54 Å². The van der Waals surface area contributed by atoms with Crippen molar-refractivity contribution in [2.45, 2.75) is 19.6 Å². The van der Waals surface area contributed by atoms with Crippen LogP contribution in [0.5, 0.6) is 11.5 Å². The van der Waals surface area contributed by atoms with Crippen LogP contribution in [0.1, 0.15) is 18.6 Å². The van der Waals surface area contributed by atoms with Crippen LogP contribution in [0.3, 0.4) is 0 Å². The Balaban J connectivity index is 1.81. The summed E-state index contributed by atoms with van der Waals surface area (Å²) in [6, 6.07) is 5.31. The number of aromatic nitrogens is 4. The minimum Gasteiger partial charge on any atom is -0.497 e. The lowest BCUT2D eigenvalue weighted by Crippen LogP contribution is -2.14. The number of benzene rings is 1. The lowest BCUT2D eigenvalue weighted by Gasteiger charge is -2.17. The highest BCUT2D eigenvalue weighted by Gasteiger charge is 2.16. The van der Waals surface area contributed by atoms with Crippen molar-refractivity contribution in [1.29, 1.82) is 0 Å². The number of anilines is 1. The van der Waals surface area contributed by atoms with Crippen molar-refractivity contribution in [3.05, 3.63) is 36.4 Å². The molecule has 0 aliphatic carbocycles. The number of fused-ring (bicyclic) bond motifs is 1. The topological polar surface area (TPSA) is 94.3 Å². The van der Waals surface area contributed by atoms with E-state index in [2.05, 4.69) is 20.3 Å². The molecule has 0 amide bonds. The van der Waals surface area contributed by atoms with E-state index in [9.17, 15) is 5.11 Å². The van der Waals surface area contributed by atoms with E-state index >= 15 is 0 Å². The molecule has 0 saturated carbocycles. The highest BCUT2D eigenvalue weighted by atomic mass is 16.5. The smallest absolute Gasteiger partial charge is 0.165 e. The monoisotopic (exact) mass is 343 g/mol. The fourth-order valence-corrected chi connectivity index (χ4v) is 2.64. The first-order chi connectivity index (χ1) is 12.2. The van der Waals surface area contributed by atoms with Crippen molar-refractivity contribution in [2.24, 2.45) is 0 Å². The van der Waals surface area contributed by atoms with E-state index < -0.39 is 6.10 Å². The van der Waals surface area contributed by atoms with Gasteiger partial charge in [-0.25, -0.2) is 15.0 Å². The van der Waals surface area contributed by atoms with Crippen LogP contribution in [0.4, 0.5) is 5.82 Å². The number of imidazole rings is 1. The van der Waals surface area contributed by atoms with Crippen LogP contribution < -0.4 is 14.8 Å². The summed E-state index contributed by atoms with van der Waals surface area (Å²) in [7, 11) is 3.15. The molecule has 2 N–H and O–H groups in total. The van der Waals surface area contributed by atoms with E-state index in [1.807, 2.05) is 11.5 Å². The standard InChI is InChI=1S/C17H21N5O3/c1-4-22-10-21-15-16(19-9-20-17(15)22)18-8-13(23)12-7-11(24-2)5-6-14(12)25-3/h5-7,9-10,13,23H,4,8H2,1-3H3,(H,18,19,20)/t13-/m0/s1. The van der Waals surface area contributed by atoms with Crippen LogP contribution in [-0.4, -0.2) is 45.4 Å². The molecule has 0 spiro atoms. The fraction of sp³-hybridized carbons (Fsp3) is 0.353. The molecule has 0 radical (unpaired) electrons. The lowest BCUT2D eigenvalue weighted by molar-refractivity contribution is 0.186. The summed E-state index contributed by atoms with van der Waals surface area (Å²) in [5, 5.41) is 13.7. The van der Waals surface area contributed by atoms with E-state index in [0.29, 0.717) is 28.4 Å². The maximum absolute atomic E-state index is 10.6. The normalized spacial score (nSPS) is 12.2. The molecule has 3 aromatic rings. The summed E-state index contributed by atoms with van der Waals surface area (Å²) in [4.78, 5) is 12.8. The van der Waals surface area contributed by atoms with Crippen molar-refractivity contribution in [3.8, 4) is 11.5 Å². The molecule has 1 atom stereocenters. The summed E-state index contributed by atoms with van der Waals surface area (Å²) in [5.41, 5.74) is 2.07. The minimum atomic E-state index is -0.802. The molecule has 0 saturated heterocycles. The molecule has 25 heavy (non-hydrogen) atoms. The summed E-state index contributed by atoms with van der Waals surface area (Å²) >= 11 is 0. The van der Waals surface area contributed by atoms with Gasteiger partial charge in [-0.2, -0.15) is 0 Å². The third-order valence-corrected chi connectivity index (χ3v) is 4.00. The van der Waals surface area contributed by atoms with Crippen molar-refractivity contribution in [1.82, 2.24) is 19.5 Å². The Morgan fingerprint density at radius 2 is 2.04 bits per heavy atom. The molecule has 1 aromatic carbocycles. The Kier molecular flexibility index (Phi) is 4.99. The maximum Gasteiger partial charge on any atom is 0.165 e. The molecule has 2 heterocycles. The number of nitrogens with one attached hydrogen (secondary N) is 1. The SMILES string of the molecule is CCn1cnc2c(NC[C@H](O)c3cc(OC)ccc3OC)ncnc21. The first-order valence-corrected chi connectivity index (χ1v) is 7.97. The molecule has 0 aliphatic heterocycles. The van der Waals surface area contributed by atoms with E-state index in [0.717, 1.165) is 12.2 Å². The summed E-state index contributed by atoms with van der Waals surface area (Å²) in [6.07, 6.45) is 2.41. The predicted molar refractivity (Wildman–Crippen MR) is 94.0 cm³/mol. The maximum atomic E-state index is 10.6. The second kappa shape index (κ2) is 7.35. The molecule has 8 nitrogen and oxygen atoms in total. The van der Waals surface area contributed by atoms with Gasteiger partial charge in [0.15, 0.2) is 11.5 Å². The second-order valence-corrected chi connectivity index (χ2v) is 5.43. The average Bonchev–Trinajstić information content (AvgIpc) is 3.09. The lowest BCUT2D eigenvalue weighted by atomic mass is 10.1. The summed E-state index contributed by atoms with van der Waals surface area (Å²) in [6.45, 7) is 3.04. The van der Waals surface area contributed by atoms with Crippen LogP contribution >= 0.6 is 0 Å². The number of rotatable bonds is 7. The summed E-state index contributed by atoms with van der Waals surface area (Å²) < 4.78 is 12.5. The molecule has 0 fully saturated rings. The van der Waals surface area contributed by atoms with E-state index in [1.165, 1.54) is 6.33 Å². The first kappa shape index (κ1) is 17.0. The van der Waals surface area contributed by atoms with Crippen LogP contribution in [0, 0.1) is 0 Å². The van der Waals surface area contributed by atoms with Gasteiger partial charge in [0.05, 0.1) is 26.7 Å². The average molecular weight is 343 g/mol. The van der Waals surface area contributed by atoms with Crippen LogP contribution in [0.25, 0.3) is 11.2 Å². The van der Waals surface area contributed by atoms with Gasteiger partial charge in [-0.05, 0) is 25.1 Å². The van der Waals surface area contributed by atoms with Crippen LogP contribution in [0.15, 0.2) is 30.9 Å². The van der Waals surface area contributed by atoms with E-state index in [-0.39, 0.29) is 6.54 Å². The highest BCUT2D eigenvalue weighted by Crippen LogP contribution is 2.29. The number of hydrogen-bond donors (Lipinski definition) is 2. The fourth-order valence-electron chi connectivity index (χ4n) is 2.64. The summed E-state index contributed by atoms with van der Waals surface area (Å²) in [5.74, 6) is 1.83. The Labute approximate surface area is 145 Å². The number of aryl methyl sites for hydroxylation is 1. The second-order valence-electron chi connectivity index (χ2n) is 5.43.